The fourth-order valence-corrected chi connectivity index (χ4v) is 3.00. The highest BCUT2D eigenvalue weighted by Gasteiger charge is 2.14. The lowest BCUT2D eigenvalue weighted by molar-refractivity contribution is -0.113. The van der Waals surface area contributed by atoms with Crippen molar-refractivity contribution in [3.8, 4) is 11.4 Å². The number of nitrogens with zero attached hydrogens (tertiary/aromatic N) is 3. The van der Waals surface area contributed by atoms with Crippen LogP contribution in [0.15, 0.2) is 53.7 Å². The molecule has 0 aliphatic rings. The summed E-state index contributed by atoms with van der Waals surface area (Å²) >= 11 is 7.04. The van der Waals surface area contributed by atoms with Crippen molar-refractivity contribution in [3.05, 3.63) is 59.1 Å². The molecule has 3 rings (SSSR count). The molecule has 6 nitrogen and oxygen atoms in total. The van der Waals surface area contributed by atoms with Crippen LogP contribution in [0.4, 0.5) is 5.69 Å². The van der Waals surface area contributed by atoms with Crippen molar-refractivity contribution in [2.45, 2.75) is 12.1 Å². The maximum absolute atomic E-state index is 12.0. The second kappa shape index (κ2) is 7.58. The Balaban J connectivity index is 1.64. The van der Waals surface area contributed by atoms with Crippen LogP contribution in [-0.4, -0.2) is 26.5 Å². The number of anilines is 1. The van der Waals surface area contributed by atoms with Gasteiger partial charge in [0.05, 0.1) is 5.75 Å². The third-order valence-electron chi connectivity index (χ3n) is 3.40. The number of hydrogen-bond acceptors (Lipinski definition) is 5. The topological polar surface area (TPSA) is 85.8 Å². The molecule has 128 valence electrons. The van der Waals surface area contributed by atoms with Crippen molar-refractivity contribution in [3.63, 3.8) is 0 Å². The van der Waals surface area contributed by atoms with E-state index < -0.39 is 0 Å². The van der Waals surface area contributed by atoms with Crippen molar-refractivity contribution in [1.29, 1.82) is 0 Å². The molecule has 0 aliphatic carbocycles. The van der Waals surface area contributed by atoms with E-state index in [0.717, 1.165) is 11.1 Å². The smallest absolute Gasteiger partial charge is 0.234 e. The van der Waals surface area contributed by atoms with E-state index >= 15 is 0 Å². The summed E-state index contributed by atoms with van der Waals surface area (Å²) in [5, 5.41) is 12.1. The lowest BCUT2D eigenvalue weighted by Crippen LogP contribution is -2.16. The van der Waals surface area contributed by atoms with Crippen molar-refractivity contribution < 1.29 is 4.79 Å². The summed E-state index contributed by atoms with van der Waals surface area (Å²) in [6, 6.07) is 14.8. The first-order chi connectivity index (χ1) is 12.0. The number of nitrogens with one attached hydrogen (secondary N) is 1. The number of carbonyl (C=O) groups is 1. The van der Waals surface area contributed by atoms with Gasteiger partial charge in [-0.2, -0.15) is 0 Å². The van der Waals surface area contributed by atoms with Gasteiger partial charge in [-0.15, -0.1) is 10.2 Å². The van der Waals surface area contributed by atoms with Crippen molar-refractivity contribution in [1.82, 2.24) is 14.9 Å². The molecule has 3 N–H and O–H groups in total. The van der Waals surface area contributed by atoms with Crippen molar-refractivity contribution in [2.24, 2.45) is 0 Å². The number of carbonyl (C=O) groups excluding carboxylic acids is 1. The number of benzene rings is 2. The summed E-state index contributed by atoms with van der Waals surface area (Å²) in [5.41, 5.74) is 2.68. The van der Waals surface area contributed by atoms with Gasteiger partial charge in [0.25, 0.3) is 0 Å². The number of aromatic nitrogens is 3. The van der Waals surface area contributed by atoms with E-state index in [1.165, 1.54) is 16.4 Å². The molecule has 0 atom stereocenters. The highest BCUT2D eigenvalue weighted by atomic mass is 35.5. The first-order valence-corrected chi connectivity index (χ1v) is 8.85. The Hall–Kier alpha value is -2.51. The number of amides is 1. The number of rotatable bonds is 5. The van der Waals surface area contributed by atoms with Crippen LogP contribution < -0.4 is 11.2 Å². The minimum atomic E-state index is -0.160. The van der Waals surface area contributed by atoms with E-state index in [9.17, 15) is 4.79 Å². The molecule has 0 spiro atoms. The number of aryl methyl sites for hydroxylation is 1. The third kappa shape index (κ3) is 4.32. The summed E-state index contributed by atoms with van der Waals surface area (Å²) in [6.07, 6.45) is 0. The van der Waals surface area contributed by atoms with Gasteiger partial charge in [-0.3, -0.25) is 4.79 Å². The number of hydrogen-bond donors (Lipinski definition) is 2. The minimum Gasteiger partial charge on any atom is -0.335 e. The van der Waals surface area contributed by atoms with Crippen LogP contribution in [0.1, 0.15) is 5.56 Å². The zero-order chi connectivity index (χ0) is 17.8. The van der Waals surface area contributed by atoms with Gasteiger partial charge in [-0.05, 0) is 37.3 Å². The maximum atomic E-state index is 12.0. The fourth-order valence-electron chi connectivity index (χ4n) is 2.22. The third-order valence-corrected chi connectivity index (χ3v) is 4.60. The summed E-state index contributed by atoms with van der Waals surface area (Å²) in [6.45, 7) is 2.00. The lowest BCUT2D eigenvalue weighted by atomic mass is 10.1. The molecule has 25 heavy (non-hydrogen) atoms. The van der Waals surface area contributed by atoms with E-state index in [1.54, 1.807) is 24.3 Å². The first kappa shape index (κ1) is 17.3. The monoisotopic (exact) mass is 373 g/mol. The molecule has 0 fully saturated rings. The van der Waals surface area contributed by atoms with E-state index in [2.05, 4.69) is 15.5 Å². The Kier molecular flexibility index (Phi) is 5.25. The largest absolute Gasteiger partial charge is 0.335 e. The SMILES string of the molecule is Cc1cccc(-c2nnc(SCC(=O)Nc3ccc(Cl)cc3)n2N)c1. The van der Waals surface area contributed by atoms with Gasteiger partial charge in [0.1, 0.15) is 0 Å². The van der Waals surface area contributed by atoms with E-state index in [4.69, 9.17) is 17.4 Å². The molecule has 1 aromatic heterocycles. The molecule has 8 heteroatoms. The van der Waals surface area contributed by atoms with Gasteiger partial charge in [0.2, 0.25) is 11.1 Å². The van der Waals surface area contributed by atoms with E-state index in [1.807, 2.05) is 31.2 Å². The standard InChI is InChI=1S/C17H16ClN5OS/c1-11-3-2-4-12(9-11)16-21-22-17(23(16)19)25-10-15(24)20-14-7-5-13(18)6-8-14/h2-9H,10,19H2,1H3,(H,20,24). The van der Waals surface area contributed by atoms with Crippen molar-refractivity contribution in [2.75, 3.05) is 16.9 Å². The number of thioether (sulfide) groups is 1. The van der Waals surface area contributed by atoms with Crippen LogP contribution in [0.2, 0.25) is 5.02 Å². The summed E-state index contributed by atoms with van der Waals surface area (Å²) in [7, 11) is 0. The molecule has 0 aliphatic heterocycles. The van der Waals surface area contributed by atoms with Gasteiger partial charge in [-0.1, -0.05) is 47.1 Å². The second-order valence-corrected chi connectivity index (χ2v) is 6.77. The fraction of sp³-hybridized carbons (Fsp3) is 0.118. The van der Waals surface area contributed by atoms with Crippen LogP contribution in [0.5, 0.6) is 0 Å². The molecule has 0 saturated heterocycles. The molecule has 2 aromatic carbocycles. The molecule has 0 saturated carbocycles. The Morgan fingerprint density at radius 1 is 1.24 bits per heavy atom. The highest BCUT2D eigenvalue weighted by molar-refractivity contribution is 7.99. The number of nitrogen functional groups attached to an aromatic ring is 1. The Morgan fingerprint density at radius 2 is 2.00 bits per heavy atom. The van der Waals surface area contributed by atoms with E-state index in [0.29, 0.717) is 21.7 Å². The second-order valence-electron chi connectivity index (χ2n) is 5.39. The molecule has 1 amide bonds. The first-order valence-electron chi connectivity index (χ1n) is 7.48. The average Bonchev–Trinajstić information content (AvgIpc) is 2.96. The van der Waals surface area contributed by atoms with E-state index in [-0.39, 0.29) is 11.7 Å². The van der Waals surface area contributed by atoms with Crippen LogP contribution in [0.3, 0.4) is 0 Å². The van der Waals surface area contributed by atoms with Gasteiger partial charge in [-0.25, -0.2) is 4.68 Å². The highest BCUT2D eigenvalue weighted by Crippen LogP contribution is 2.22. The molecule has 0 unspecified atom stereocenters. The molecular weight excluding hydrogens is 358 g/mol. The van der Waals surface area contributed by atoms with Crippen LogP contribution in [-0.2, 0) is 4.79 Å². The molecule has 0 radical (unpaired) electrons. The van der Waals surface area contributed by atoms with Gasteiger partial charge >= 0.3 is 0 Å². The van der Waals surface area contributed by atoms with Gasteiger partial charge < -0.3 is 11.2 Å². The Morgan fingerprint density at radius 3 is 2.72 bits per heavy atom. The summed E-state index contributed by atoms with van der Waals surface area (Å²) in [5.74, 6) is 6.64. The van der Waals surface area contributed by atoms with Crippen LogP contribution in [0, 0.1) is 6.92 Å². The zero-order valence-corrected chi connectivity index (χ0v) is 15.0. The normalized spacial score (nSPS) is 10.6. The zero-order valence-electron chi connectivity index (χ0n) is 13.4. The quantitative estimate of drug-likeness (QED) is 0.529. The summed E-state index contributed by atoms with van der Waals surface area (Å²) < 4.78 is 1.40. The number of halogens is 1. The van der Waals surface area contributed by atoms with Crippen LogP contribution in [0.25, 0.3) is 11.4 Å². The summed E-state index contributed by atoms with van der Waals surface area (Å²) in [4.78, 5) is 12.0. The van der Waals surface area contributed by atoms with Crippen molar-refractivity contribution >= 4 is 35.0 Å². The van der Waals surface area contributed by atoms with Gasteiger partial charge in [0, 0.05) is 16.3 Å². The van der Waals surface area contributed by atoms with Crippen LogP contribution >= 0.6 is 23.4 Å². The molecular formula is C17H16ClN5OS. The molecule has 1 heterocycles. The minimum absolute atomic E-state index is 0.160. The van der Waals surface area contributed by atoms with Gasteiger partial charge in [0.15, 0.2) is 5.82 Å². The maximum Gasteiger partial charge on any atom is 0.234 e. The molecule has 0 bridgehead atoms. The number of nitrogens with two attached hydrogens (primary N) is 1. The predicted octanol–water partition coefficient (Wildman–Crippen LogP) is 3.35. The molecule has 3 aromatic rings. The Labute approximate surface area is 154 Å². The lowest BCUT2D eigenvalue weighted by Gasteiger charge is -2.06. The Bertz CT molecular complexity index is 894. The average molecular weight is 374 g/mol. The predicted molar refractivity (Wildman–Crippen MR) is 101 cm³/mol.